The first kappa shape index (κ1) is 14.1. The van der Waals surface area contributed by atoms with Crippen LogP contribution >= 0.6 is 0 Å². The first-order valence-electron chi connectivity index (χ1n) is 7.12. The van der Waals surface area contributed by atoms with E-state index in [1.54, 1.807) is 0 Å². The monoisotopic (exact) mass is 260 g/mol. The minimum absolute atomic E-state index is 0.00629. The molecule has 0 bridgehead atoms. The third-order valence-corrected chi connectivity index (χ3v) is 4.16. The van der Waals surface area contributed by atoms with Crippen LogP contribution in [0.4, 0.5) is 0 Å². The van der Waals surface area contributed by atoms with Crippen molar-refractivity contribution < 1.29 is 4.79 Å². The number of nitrogens with one attached hydrogen (secondary N) is 1. The minimum atomic E-state index is -0.00629. The first-order valence-corrected chi connectivity index (χ1v) is 7.12. The Balaban J connectivity index is 2.04. The summed E-state index contributed by atoms with van der Waals surface area (Å²) < 4.78 is 0. The van der Waals surface area contributed by atoms with Crippen LogP contribution in [0.1, 0.15) is 48.9 Å². The van der Waals surface area contributed by atoms with Crippen LogP contribution in [0, 0.1) is 19.8 Å². The second-order valence-corrected chi connectivity index (χ2v) is 5.79. The average Bonchev–Trinajstić information content (AvgIpc) is 2.75. The fraction of sp³-hybridized carbons (Fsp3) is 0.562. The predicted octanol–water partition coefficient (Wildman–Crippen LogP) is 2.61. The highest BCUT2D eigenvalue weighted by Crippen LogP contribution is 2.25. The zero-order valence-corrected chi connectivity index (χ0v) is 12.1. The van der Waals surface area contributed by atoms with E-state index in [4.69, 9.17) is 5.73 Å². The Hall–Kier alpha value is -1.35. The molecule has 2 rings (SSSR count). The van der Waals surface area contributed by atoms with Crippen LogP contribution in [0.3, 0.4) is 0 Å². The van der Waals surface area contributed by atoms with E-state index in [-0.39, 0.29) is 23.9 Å². The Labute approximate surface area is 115 Å². The van der Waals surface area contributed by atoms with Gasteiger partial charge in [0.2, 0.25) is 5.91 Å². The Morgan fingerprint density at radius 3 is 2.68 bits per heavy atom. The largest absolute Gasteiger partial charge is 0.349 e. The van der Waals surface area contributed by atoms with Crippen molar-refractivity contribution in [3.8, 4) is 0 Å². The van der Waals surface area contributed by atoms with Gasteiger partial charge in [0.15, 0.2) is 0 Å². The number of nitrogens with two attached hydrogens (primary N) is 1. The molecular weight excluding hydrogens is 236 g/mol. The number of carbonyl (C=O) groups excluding carboxylic acids is 1. The van der Waals surface area contributed by atoms with Gasteiger partial charge in [0.25, 0.3) is 0 Å². The second kappa shape index (κ2) is 5.74. The number of carbonyl (C=O) groups is 1. The molecule has 1 saturated carbocycles. The molecule has 0 aliphatic heterocycles. The van der Waals surface area contributed by atoms with Crippen LogP contribution in [0.25, 0.3) is 0 Å². The average molecular weight is 260 g/mol. The number of amides is 1. The van der Waals surface area contributed by atoms with Gasteiger partial charge in [-0.3, -0.25) is 4.79 Å². The molecule has 0 aromatic heterocycles. The third kappa shape index (κ3) is 3.16. The van der Waals surface area contributed by atoms with Crippen molar-refractivity contribution in [3.63, 3.8) is 0 Å². The molecule has 1 amide bonds. The van der Waals surface area contributed by atoms with Gasteiger partial charge in [-0.1, -0.05) is 30.2 Å². The molecule has 1 aromatic rings. The summed E-state index contributed by atoms with van der Waals surface area (Å²) in [5, 5.41) is 3.11. The van der Waals surface area contributed by atoms with Gasteiger partial charge < -0.3 is 11.1 Å². The summed E-state index contributed by atoms with van der Waals surface area (Å²) in [6.45, 7) is 6.21. The maximum absolute atomic E-state index is 12.2. The number of hydrogen-bond acceptors (Lipinski definition) is 2. The molecule has 3 unspecified atom stereocenters. The Morgan fingerprint density at radius 1 is 1.37 bits per heavy atom. The van der Waals surface area contributed by atoms with Crippen LogP contribution in [0.15, 0.2) is 18.2 Å². The first-order chi connectivity index (χ1) is 8.99. The standard InChI is InChI=1S/C16H24N2O/c1-10-7-8-13(11(2)9-10)12(3)18-16(19)14-5-4-6-15(14)17/h7-9,12,14-15H,4-6,17H2,1-3H3,(H,18,19). The molecule has 0 saturated heterocycles. The van der Waals surface area contributed by atoms with Gasteiger partial charge in [-0.2, -0.15) is 0 Å². The van der Waals surface area contributed by atoms with Crippen LogP contribution < -0.4 is 11.1 Å². The van der Waals surface area contributed by atoms with Crippen LogP contribution in [-0.2, 0) is 4.79 Å². The van der Waals surface area contributed by atoms with E-state index in [9.17, 15) is 4.79 Å². The Kier molecular flexibility index (Phi) is 4.25. The van der Waals surface area contributed by atoms with Crippen molar-refractivity contribution in [1.82, 2.24) is 5.32 Å². The molecule has 1 aromatic carbocycles. The fourth-order valence-electron chi connectivity index (χ4n) is 3.02. The van der Waals surface area contributed by atoms with E-state index in [0.29, 0.717) is 0 Å². The number of rotatable bonds is 3. The number of hydrogen-bond donors (Lipinski definition) is 2. The number of aryl methyl sites for hydroxylation is 2. The van der Waals surface area contributed by atoms with Crippen LogP contribution in [0.2, 0.25) is 0 Å². The van der Waals surface area contributed by atoms with Gasteiger partial charge in [0.05, 0.1) is 12.0 Å². The van der Waals surface area contributed by atoms with E-state index in [0.717, 1.165) is 19.3 Å². The van der Waals surface area contributed by atoms with Gasteiger partial charge in [-0.15, -0.1) is 0 Å². The highest BCUT2D eigenvalue weighted by Gasteiger charge is 2.30. The van der Waals surface area contributed by atoms with E-state index < -0.39 is 0 Å². The summed E-state index contributed by atoms with van der Waals surface area (Å²) >= 11 is 0. The zero-order chi connectivity index (χ0) is 14.0. The van der Waals surface area contributed by atoms with Crippen LogP contribution in [0.5, 0.6) is 0 Å². The van der Waals surface area contributed by atoms with Crippen molar-refractivity contribution in [1.29, 1.82) is 0 Å². The topological polar surface area (TPSA) is 55.1 Å². The molecule has 0 heterocycles. The highest BCUT2D eigenvalue weighted by molar-refractivity contribution is 5.80. The third-order valence-electron chi connectivity index (χ3n) is 4.16. The molecule has 3 nitrogen and oxygen atoms in total. The highest BCUT2D eigenvalue weighted by atomic mass is 16.2. The summed E-state index contributed by atoms with van der Waals surface area (Å²) in [5.74, 6) is 0.102. The lowest BCUT2D eigenvalue weighted by atomic mass is 9.98. The van der Waals surface area contributed by atoms with E-state index >= 15 is 0 Å². The van der Waals surface area contributed by atoms with Gasteiger partial charge in [0, 0.05) is 6.04 Å². The quantitative estimate of drug-likeness (QED) is 0.877. The smallest absolute Gasteiger partial charge is 0.225 e. The van der Waals surface area contributed by atoms with Gasteiger partial charge in [-0.05, 0) is 44.7 Å². The molecule has 3 N–H and O–H groups in total. The minimum Gasteiger partial charge on any atom is -0.349 e. The van der Waals surface area contributed by atoms with E-state index in [1.165, 1.54) is 16.7 Å². The molecule has 0 spiro atoms. The normalized spacial score (nSPS) is 24.2. The summed E-state index contributed by atoms with van der Waals surface area (Å²) in [6.07, 6.45) is 2.96. The summed E-state index contributed by atoms with van der Waals surface area (Å²) in [6, 6.07) is 6.42. The molecule has 3 heteroatoms. The lowest BCUT2D eigenvalue weighted by Gasteiger charge is -2.21. The molecule has 19 heavy (non-hydrogen) atoms. The Morgan fingerprint density at radius 2 is 2.11 bits per heavy atom. The lowest BCUT2D eigenvalue weighted by Crippen LogP contribution is -2.39. The number of benzene rings is 1. The summed E-state index contributed by atoms with van der Waals surface area (Å²) in [4.78, 5) is 12.2. The van der Waals surface area contributed by atoms with E-state index in [2.05, 4.69) is 37.4 Å². The van der Waals surface area contributed by atoms with Crippen molar-refractivity contribution >= 4 is 5.91 Å². The van der Waals surface area contributed by atoms with Crippen molar-refractivity contribution in [2.24, 2.45) is 11.7 Å². The summed E-state index contributed by atoms with van der Waals surface area (Å²) in [7, 11) is 0. The van der Waals surface area contributed by atoms with Crippen molar-refractivity contribution in [2.75, 3.05) is 0 Å². The van der Waals surface area contributed by atoms with Crippen molar-refractivity contribution in [2.45, 2.75) is 52.1 Å². The second-order valence-electron chi connectivity index (χ2n) is 5.79. The Bertz CT molecular complexity index is 470. The fourth-order valence-corrected chi connectivity index (χ4v) is 3.02. The SMILES string of the molecule is Cc1ccc(C(C)NC(=O)C2CCCC2N)c(C)c1. The maximum atomic E-state index is 12.2. The molecule has 1 aliphatic carbocycles. The molecule has 0 radical (unpaired) electrons. The molecule has 1 aliphatic rings. The van der Waals surface area contributed by atoms with Gasteiger partial charge >= 0.3 is 0 Å². The molecule has 1 fully saturated rings. The predicted molar refractivity (Wildman–Crippen MR) is 77.8 cm³/mol. The molecule has 3 atom stereocenters. The maximum Gasteiger partial charge on any atom is 0.225 e. The molecule has 104 valence electrons. The lowest BCUT2D eigenvalue weighted by molar-refractivity contribution is -0.125. The van der Waals surface area contributed by atoms with Gasteiger partial charge in [-0.25, -0.2) is 0 Å². The zero-order valence-electron chi connectivity index (χ0n) is 12.1. The van der Waals surface area contributed by atoms with Crippen LogP contribution in [-0.4, -0.2) is 11.9 Å². The van der Waals surface area contributed by atoms with E-state index in [1.807, 2.05) is 6.92 Å². The van der Waals surface area contributed by atoms with Gasteiger partial charge in [0.1, 0.15) is 0 Å². The molecular formula is C16H24N2O. The summed E-state index contributed by atoms with van der Waals surface area (Å²) in [5.41, 5.74) is 9.64. The van der Waals surface area contributed by atoms with Crippen molar-refractivity contribution in [3.05, 3.63) is 34.9 Å².